The Labute approximate surface area is 127 Å². The average molecular weight is 297 g/mol. The first kappa shape index (κ1) is 13.6. The van der Waals surface area contributed by atoms with E-state index < -0.39 is 0 Å². The van der Waals surface area contributed by atoms with E-state index in [0.717, 1.165) is 11.3 Å². The summed E-state index contributed by atoms with van der Waals surface area (Å²) < 4.78 is 1.68. The van der Waals surface area contributed by atoms with Crippen LogP contribution in [0.15, 0.2) is 60.8 Å². The van der Waals surface area contributed by atoms with Crippen LogP contribution in [0.25, 0.3) is 5.69 Å². The first-order chi connectivity index (χ1) is 10.1. The number of carbonyl (C=O) groups excluding carboxylic acids is 1. The zero-order valence-corrected chi connectivity index (χ0v) is 12.2. The van der Waals surface area contributed by atoms with Crippen LogP contribution in [0.3, 0.4) is 0 Å². The number of ketones is 1. The van der Waals surface area contributed by atoms with Crippen molar-refractivity contribution in [1.82, 2.24) is 9.78 Å². The molecule has 0 aliphatic heterocycles. The number of para-hydroxylation sites is 1. The minimum Gasteiger partial charge on any atom is -0.287 e. The summed E-state index contributed by atoms with van der Waals surface area (Å²) >= 11 is 6.07. The molecule has 0 aliphatic rings. The Morgan fingerprint density at radius 2 is 1.86 bits per heavy atom. The maximum Gasteiger partial charge on any atom is 0.213 e. The van der Waals surface area contributed by atoms with Gasteiger partial charge in [0.2, 0.25) is 5.78 Å². The van der Waals surface area contributed by atoms with Gasteiger partial charge in [-0.2, -0.15) is 5.10 Å². The third kappa shape index (κ3) is 2.73. The van der Waals surface area contributed by atoms with Crippen LogP contribution in [0.4, 0.5) is 0 Å². The maximum absolute atomic E-state index is 12.4. The quantitative estimate of drug-likeness (QED) is 0.683. The summed E-state index contributed by atoms with van der Waals surface area (Å²) in [5.41, 5.74) is 2.81. The fourth-order valence-electron chi connectivity index (χ4n) is 2.05. The van der Waals surface area contributed by atoms with E-state index in [9.17, 15) is 4.79 Å². The maximum atomic E-state index is 12.4. The number of aromatic nitrogens is 2. The van der Waals surface area contributed by atoms with Gasteiger partial charge in [0.25, 0.3) is 0 Å². The highest BCUT2D eigenvalue weighted by Crippen LogP contribution is 2.19. The molecule has 2 aromatic carbocycles. The fourth-order valence-corrected chi connectivity index (χ4v) is 2.23. The molecule has 0 aliphatic carbocycles. The van der Waals surface area contributed by atoms with E-state index >= 15 is 0 Å². The molecule has 3 rings (SSSR count). The predicted octanol–water partition coefficient (Wildman–Crippen LogP) is 4.07. The van der Waals surface area contributed by atoms with Crippen LogP contribution in [-0.2, 0) is 0 Å². The zero-order chi connectivity index (χ0) is 14.8. The summed E-state index contributed by atoms with van der Waals surface area (Å²) in [5, 5.41) is 4.92. The number of aryl methyl sites for hydroxylation is 1. The van der Waals surface area contributed by atoms with Gasteiger partial charge in [0.1, 0.15) is 5.69 Å². The molecular formula is C17H13ClN2O. The van der Waals surface area contributed by atoms with Crippen molar-refractivity contribution in [2.24, 2.45) is 0 Å². The third-order valence-corrected chi connectivity index (χ3v) is 3.68. The van der Waals surface area contributed by atoms with Crippen LogP contribution >= 0.6 is 11.6 Å². The van der Waals surface area contributed by atoms with E-state index in [1.165, 1.54) is 0 Å². The number of carbonyl (C=O) groups is 1. The molecule has 0 unspecified atom stereocenters. The van der Waals surface area contributed by atoms with E-state index in [4.69, 9.17) is 11.6 Å². The van der Waals surface area contributed by atoms with Crippen LogP contribution < -0.4 is 0 Å². The number of hydrogen-bond acceptors (Lipinski definition) is 2. The lowest BCUT2D eigenvalue weighted by molar-refractivity contribution is 0.103. The normalized spacial score (nSPS) is 10.6. The molecule has 0 radical (unpaired) electrons. The molecule has 1 aromatic heterocycles. The molecule has 0 amide bonds. The van der Waals surface area contributed by atoms with Gasteiger partial charge >= 0.3 is 0 Å². The molecule has 0 spiro atoms. The van der Waals surface area contributed by atoms with Gasteiger partial charge in [0, 0.05) is 16.8 Å². The second-order valence-corrected chi connectivity index (χ2v) is 5.18. The SMILES string of the molecule is Cc1ccc(C(=O)c2ccn(-c3ccccc3)n2)cc1Cl. The molecule has 21 heavy (non-hydrogen) atoms. The second-order valence-electron chi connectivity index (χ2n) is 4.77. The highest BCUT2D eigenvalue weighted by molar-refractivity contribution is 6.31. The molecular weight excluding hydrogens is 284 g/mol. The van der Waals surface area contributed by atoms with Crippen LogP contribution in [0.5, 0.6) is 0 Å². The molecule has 0 fully saturated rings. The molecule has 3 aromatic rings. The molecule has 3 nitrogen and oxygen atoms in total. The summed E-state index contributed by atoms with van der Waals surface area (Å²) in [7, 11) is 0. The first-order valence-corrected chi connectivity index (χ1v) is 6.95. The Kier molecular flexibility index (Phi) is 3.59. The van der Waals surface area contributed by atoms with E-state index in [2.05, 4.69) is 5.10 Å². The van der Waals surface area contributed by atoms with Gasteiger partial charge in [-0.3, -0.25) is 4.79 Å². The van der Waals surface area contributed by atoms with Crippen molar-refractivity contribution in [2.75, 3.05) is 0 Å². The molecule has 0 bridgehead atoms. The molecule has 1 heterocycles. The van der Waals surface area contributed by atoms with Crippen LogP contribution in [0.1, 0.15) is 21.6 Å². The van der Waals surface area contributed by atoms with Crippen LogP contribution in [0.2, 0.25) is 5.02 Å². The van der Waals surface area contributed by atoms with Crippen molar-refractivity contribution in [3.05, 3.63) is 82.6 Å². The molecule has 0 N–H and O–H groups in total. The largest absolute Gasteiger partial charge is 0.287 e. The lowest BCUT2D eigenvalue weighted by atomic mass is 10.1. The Morgan fingerprint density at radius 3 is 2.57 bits per heavy atom. The summed E-state index contributed by atoms with van der Waals surface area (Å²) in [6.07, 6.45) is 1.78. The smallest absolute Gasteiger partial charge is 0.213 e. The average Bonchev–Trinajstić information content (AvgIpc) is 3.00. The van der Waals surface area contributed by atoms with E-state index in [1.54, 1.807) is 29.1 Å². The first-order valence-electron chi connectivity index (χ1n) is 6.57. The standard InChI is InChI=1S/C17H13ClN2O/c1-12-7-8-13(11-15(12)18)17(21)16-9-10-20(19-16)14-5-3-2-4-6-14/h2-11H,1H3. The van der Waals surface area contributed by atoms with Gasteiger partial charge in [-0.05, 0) is 36.8 Å². The highest BCUT2D eigenvalue weighted by Gasteiger charge is 2.13. The highest BCUT2D eigenvalue weighted by atomic mass is 35.5. The Balaban J connectivity index is 1.92. The number of nitrogens with zero attached hydrogens (tertiary/aromatic N) is 2. The van der Waals surface area contributed by atoms with Gasteiger partial charge in [-0.15, -0.1) is 0 Å². The van der Waals surface area contributed by atoms with Gasteiger partial charge in [-0.1, -0.05) is 41.9 Å². The topological polar surface area (TPSA) is 34.9 Å². The van der Waals surface area contributed by atoms with Gasteiger partial charge in [0.15, 0.2) is 0 Å². The number of rotatable bonds is 3. The minimum atomic E-state index is -0.133. The van der Waals surface area contributed by atoms with Gasteiger partial charge in [-0.25, -0.2) is 4.68 Å². The number of halogens is 1. The van der Waals surface area contributed by atoms with Gasteiger partial charge < -0.3 is 0 Å². The molecule has 0 atom stereocenters. The van der Waals surface area contributed by atoms with Crippen molar-refractivity contribution in [1.29, 1.82) is 0 Å². The molecule has 0 saturated carbocycles. The summed E-state index contributed by atoms with van der Waals surface area (Å²) in [5.74, 6) is -0.133. The fraction of sp³-hybridized carbons (Fsp3) is 0.0588. The molecule has 0 saturated heterocycles. The lowest BCUT2D eigenvalue weighted by Gasteiger charge is -2.02. The van der Waals surface area contributed by atoms with Crippen molar-refractivity contribution >= 4 is 17.4 Å². The van der Waals surface area contributed by atoms with Gasteiger partial charge in [0.05, 0.1) is 5.69 Å². The van der Waals surface area contributed by atoms with Crippen molar-refractivity contribution < 1.29 is 4.79 Å². The second kappa shape index (κ2) is 5.54. The molecule has 104 valence electrons. The predicted molar refractivity (Wildman–Crippen MR) is 83.2 cm³/mol. The number of benzene rings is 2. The molecule has 4 heteroatoms. The van der Waals surface area contributed by atoms with Crippen molar-refractivity contribution in [3.63, 3.8) is 0 Å². The summed E-state index contributed by atoms with van der Waals surface area (Å²) in [6.45, 7) is 1.90. The monoisotopic (exact) mass is 296 g/mol. The third-order valence-electron chi connectivity index (χ3n) is 3.28. The zero-order valence-electron chi connectivity index (χ0n) is 11.5. The van der Waals surface area contributed by atoms with E-state index in [-0.39, 0.29) is 5.78 Å². The van der Waals surface area contributed by atoms with Crippen molar-refractivity contribution in [2.45, 2.75) is 6.92 Å². The summed E-state index contributed by atoms with van der Waals surface area (Å²) in [4.78, 5) is 12.4. The van der Waals surface area contributed by atoms with Crippen molar-refractivity contribution in [3.8, 4) is 5.69 Å². The van der Waals surface area contributed by atoms with E-state index in [1.807, 2.05) is 43.3 Å². The Hall–Kier alpha value is -2.39. The Morgan fingerprint density at radius 1 is 1.10 bits per heavy atom. The minimum absolute atomic E-state index is 0.133. The van der Waals surface area contributed by atoms with E-state index in [0.29, 0.717) is 16.3 Å². The summed E-state index contributed by atoms with van der Waals surface area (Å²) in [6, 6.07) is 16.7. The van der Waals surface area contributed by atoms with Crippen LogP contribution in [0, 0.1) is 6.92 Å². The lowest BCUT2D eigenvalue weighted by Crippen LogP contribution is -2.04. The number of hydrogen-bond donors (Lipinski definition) is 0. The van der Waals surface area contributed by atoms with Crippen LogP contribution in [-0.4, -0.2) is 15.6 Å². The Bertz CT molecular complexity index is 794.